The van der Waals surface area contributed by atoms with Crippen LogP contribution in [-0.4, -0.2) is 21.4 Å². The van der Waals surface area contributed by atoms with Gasteiger partial charge in [0.2, 0.25) is 10.0 Å². The maximum atomic E-state index is 11.9. The van der Waals surface area contributed by atoms with E-state index in [1.165, 1.54) is 13.1 Å². The van der Waals surface area contributed by atoms with E-state index in [1.54, 1.807) is 30.3 Å². The van der Waals surface area contributed by atoms with Crippen LogP contribution >= 0.6 is 27.3 Å². The van der Waals surface area contributed by atoms with Crippen LogP contribution in [0.1, 0.15) is 15.2 Å². The fraction of sp³-hybridized carbons (Fsp3) is 0.154. The number of nitrogens with one attached hydrogen (secondary N) is 2. The summed E-state index contributed by atoms with van der Waals surface area (Å²) >= 11 is 4.44. The highest BCUT2D eigenvalue weighted by Gasteiger charge is 2.14. The van der Waals surface area contributed by atoms with Crippen LogP contribution in [0.5, 0.6) is 0 Å². The largest absolute Gasteiger partial charge is 0.347 e. The van der Waals surface area contributed by atoms with Crippen LogP contribution in [0.25, 0.3) is 0 Å². The summed E-state index contributed by atoms with van der Waals surface area (Å²) in [7, 11) is -2.06. The Kier molecular flexibility index (Phi) is 5.15. The van der Waals surface area contributed by atoms with E-state index in [9.17, 15) is 13.2 Å². The lowest BCUT2D eigenvalue weighted by Crippen LogP contribution is -2.22. The van der Waals surface area contributed by atoms with Crippen LogP contribution in [0.15, 0.2) is 45.1 Å². The monoisotopic (exact) mass is 388 g/mol. The third-order valence-corrected chi connectivity index (χ3v) is 6.22. The molecule has 2 aromatic rings. The molecule has 0 saturated heterocycles. The average molecular weight is 389 g/mol. The molecule has 0 unspecified atom stereocenters. The Labute approximate surface area is 135 Å². The van der Waals surface area contributed by atoms with E-state index in [2.05, 4.69) is 26.0 Å². The van der Waals surface area contributed by atoms with Crippen molar-refractivity contribution in [3.05, 3.63) is 51.3 Å². The van der Waals surface area contributed by atoms with Gasteiger partial charge >= 0.3 is 0 Å². The van der Waals surface area contributed by atoms with E-state index < -0.39 is 10.0 Å². The summed E-state index contributed by atoms with van der Waals surface area (Å²) in [5, 5.41) is 2.76. The SMILES string of the molecule is CNS(=O)(=O)c1ccc(CNC(=O)c2ccc(Br)cc2)s1. The van der Waals surface area contributed by atoms with Gasteiger partial charge in [-0.15, -0.1) is 11.3 Å². The molecule has 0 saturated carbocycles. The fourth-order valence-electron chi connectivity index (χ4n) is 1.57. The Morgan fingerprint density at radius 2 is 1.86 bits per heavy atom. The fourth-order valence-corrected chi connectivity index (χ4v) is 3.97. The molecule has 1 heterocycles. The number of hydrogen-bond donors (Lipinski definition) is 2. The van der Waals surface area contributed by atoms with Gasteiger partial charge in [0.05, 0.1) is 6.54 Å². The molecule has 0 spiro atoms. The van der Waals surface area contributed by atoms with Crippen LogP contribution in [0.3, 0.4) is 0 Å². The van der Waals surface area contributed by atoms with Crippen molar-refractivity contribution in [3.63, 3.8) is 0 Å². The highest BCUT2D eigenvalue weighted by Crippen LogP contribution is 2.21. The molecule has 0 atom stereocenters. The molecule has 0 fully saturated rings. The van der Waals surface area contributed by atoms with Gasteiger partial charge in [0.25, 0.3) is 5.91 Å². The molecule has 0 aliphatic rings. The van der Waals surface area contributed by atoms with Gasteiger partial charge < -0.3 is 5.32 Å². The standard InChI is InChI=1S/C13H13BrN2O3S2/c1-15-21(18,19)12-7-6-11(20-12)8-16-13(17)9-2-4-10(14)5-3-9/h2-7,15H,8H2,1H3,(H,16,17). The van der Waals surface area contributed by atoms with E-state index in [0.29, 0.717) is 12.1 Å². The quantitative estimate of drug-likeness (QED) is 0.825. The third kappa shape index (κ3) is 4.13. The maximum absolute atomic E-state index is 11.9. The maximum Gasteiger partial charge on any atom is 0.251 e. The molecule has 1 amide bonds. The lowest BCUT2D eigenvalue weighted by molar-refractivity contribution is 0.0951. The zero-order valence-electron chi connectivity index (χ0n) is 11.1. The molecule has 112 valence electrons. The summed E-state index contributed by atoms with van der Waals surface area (Å²) < 4.78 is 26.6. The zero-order chi connectivity index (χ0) is 15.5. The van der Waals surface area contributed by atoms with Gasteiger partial charge in [-0.25, -0.2) is 13.1 Å². The minimum Gasteiger partial charge on any atom is -0.347 e. The molecule has 0 bridgehead atoms. The van der Waals surface area contributed by atoms with Gasteiger partial charge in [-0.2, -0.15) is 0 Å². The van der Waals surface area contributed by atoms with Crippen molar-refractivity contribution >= 4 is 43.2 Å². The van der Waals surface area contributed by atoms with E-state index in [4.69, 9.17) is 0 Å². The number of thiophene rings is 1. The van der Waals surface area contributed by atoms with Gasteiger partial charge in [0.1, 0.15) is 4.21 Å². The number of carbonyl (C=O) groups excluding carboxylic acids is 1. The predicted molar refractivity (Wildman–Crippen MR) is 85.9 cm³/mol. The van der Waals surface area contributed by atoms with Gasteiger partial charge in [-0.1, -0.05) is 15.9 Å². The second-order valence-electron chi connectivity index (χ2n) is 4.12. The normalized spacial score (nSPS) is 11.3. The minimum absolute atomic E-state index is 0.200. The Balaban J connectivity index is 2.00. The molecule has 0 aliphatic heterocycles. The first-order chi connectivity index (χ1) is 9.92. The second kappa shape index (κ2) is 6.69. The van der Waals surface area contributed by atoms with Crippen LogP contribution in [-0.2, 0) is 16.6 Å². The van der Waals surface area contributed by atoms with Crippen LogP contribution in [0.2, 0.25) is 0 Å². The Hall–Kier alpha value is -1.22. The zero-order valence-corrected chi connectivity index (χ0v) is 14.3. The van der Waals surface area contributed by atoms with Crippen LogP contribution < -0.4 is 10.0 Å². The predicted octanol–water partition coefficient (Wildman–Crippen LogP) is 2.35. The van der Waals surface area contributed by atoms with Crippen LogP contribution in [0.4, 0.5) is 0 Å². The molecule has 5 nitrogen and oxygen atoms in total. The second-order valence-corrected chi connectivity index (χ2v) is 8.32. The van der Waals surface area contributed by atoms with Gasteiger partial charge in [0.15, 0.2) is 0 Å². The molecule has 0 aliphatic carbocycles. The van der Waals surface area contributed by atoms with Crippen molar-refractivity contribution in [3.8, 4) is 0 Å². The van der Waals surface area contributed by atoms with Crippen molar-refractivity contribution in [2.24, 2.45) is 0 Å². The summed E-state index contributed by atoms with van der Waals surface area (Å²) in [6, 6.07) is 10.2. The highest BCUT2D eigenvalue weighted by molar-refractivity contribution is 9.10. The topological polar surface area (TPSA) is 75.3 Å². The molecule has 0 radical (unpaired) electrons. The molecule has 21 heavy (non-hydrogen) atoms. The number of hydrogen-bond acceptors (Lipinski definition) is 4. The molecule has 8 heteroatoms. The smallest absolute Gasteiger partial charge is 0.251 e. The number of amides is 1. The van der Waals surface area contributed by atoms with Gasteiger partial charge in [-0.05, 0) is 43.4 Å². The number of sulfonamides is 1. The highest BCUT2D eigenvalue weighted by atomic mass is 79.9. The van der Waals surface area contributed by atoms with E-state index >= 15 is 0 Å². The Morgan fingerprint density at radius 3 is 2.48 bits per heavy atom. The number of benzene rings is 1. The molecule has 1 aromatic heterocycles. The summed E-state index contributed by atoms with van der Waals surface area (Å²) in [6.45, 7) is 0.290. The Bertz CT molecular complexity index is 739. The number of carbonyl (C=O) groups is 1. The van der Waals surface area contributed by atoms with Crippen molar-refractivity contribution in [1.82, 2.24) is 10.0 Å². The van der Waals surface area contributed by atoms with Crippen LogP contribution in [0, 0.1) is 0 Å². The van der Waals surface area contributed by atoms with E-state index in [0.717, 1.165) is 20.7 Å². The van der Waals surface area contributed by atoms with Gasteiger partial charge in [-0.3, -0.25) is 4.79 Å². The first-order valence-electron chi connectivity index (χ1n) is 5.98. The Morgan fingerprint density at radius 1 is 1.19 bits per heavy atom. The van der Waals surface area contributed by atoms with Gasteiger partial charge in [0, 0.05) is 14.9 Å². The summed E-state index contributed by atoms with van der Waals surface area (Å²) in [6.07, 6.45) is 0. The van der Waals surface area contributed by atoms with Crippen molar-refractivity contribution in [2.45, 2.75) is 10.8 Å². The molecule has 2 rings (SSSR count). The molecule has 1 aromatic carbocycles. The summed E-state index contributed by atoms with van der Waals surface area (Å²) in [4.78, 5) is 12.7. The summed E-state index contributed by atoms with van der Waals surface area (Å²) in [5.41, 5.74) is 0.554. The number of halogens is 1. The average Bonchev–Trinajstić information content (AvgIpc) is 2.95. The van der Waals surface area contributed by atoms with Crippen molar-refractivity contribution < 1.29 is 13.2 Å². The summed E-state index contributed by atoms with van der Waals surface area (Å²) in [5.74, 6) is -0.200. The lowest BCUT2D eigenvalue weighted by Gasteiger charge is -2.03. The molecular weight excluding hydrogens is 376 g/mol. The van der Waals surface area contributed by atoms with E-state index in [1.807, 2.05) is 0 Å². The minimum atomic E-state index is -3.42. The van der Waals surface area contributed by atoms with Crippen molar-refractivity contribution in [2.75, 3.05) is 7.05 Å². The molecule has 2 N–H and O–H groups in total. The first kappa shape index (κ1) is 16.2. The first-order valence-corrected chi connectivity index (χ1v) is 9.07. The number of rotatable bonds is 5. The van der Waals surface area contributed by atoms with E-state index in [-0.39, 0.29) is 10.1 Å². The molecular formula is C13H13BrN2O3S2. The third-order valence-electron chi connectivity index (χ3n) is 2.70. The van der Waals surface area contributed by atoms with Crippen molar-refractivity contribution in [1.29, 1.82) is 0 Å². The lowest BCUT2D eigenvalue weighted by atomic mass is 10.2.